The second kappa shape index (κ2) is 53.8. The Morgan fingerprint density at radius 2 is 0.808 bits per heavy atom. The van der Waals surface area contributed by atoms with E-state index < -0.39 is 49.5 Å². The van der Waals surface area contributed by atoms with Gasteiger partial charge in [-0.25, -0.2) is 0 Å². The zero-order chi connectivity index (χ0) is 52.9. The van der Waals surface area contributed by atoms with Crippen LogP contribution in [-0.2, 0) is 14.3 Å². The molecular weight excluding hydrogens is 911 g/mol. The van der Waals surface area contributed by atoms with Gasteiger partial charge in [-0.05, 0) is 51.4 Å². The summed E-state index contributed by atoms with van der Waals surface area (Å²) in [5.41, 5.74) is 0. The first kappa shape index (κ1) is 69.4. The molecule has 1 aliphatic heterocycles. The van der Waals surface area contributed by atoms with Crippen LogP contribution in [0.4, 0.5) is 0 Å². The summed E-state index contributed by atoms with van der Waals surface area (Å²) in [4.78, 5) is 13.1. The molecule has 1 heterocycles. The summed E-state index contributed by atoms with van der Waals surface area (Å²) in [6, 6.07) is -0.728. The minimum atomic E-state index is -1.56. The molecule has 0 spiro atoms. The lowest BCUT2D eigenvalue weighted by atomic mass is 9.99. The summed E-state index contributed by atoms with van der Waals surface area (Å²) in [5.74, 6) is -0.153. The predicted octanol–water partition coefficient (Wildman–Crippen LogP) is 16.3. The second-order valence-corrected chi connectivity index (χ2v) is 22.2. The van der Waals surface area contributed by atoms with E-state index in [1.807, 2.05) is 0 Å². The van der Waals surface area contributed by atoms with Crippen LogP contribution in [-0.4, -0.2) is 87.5 Å². The third kappa shape index (κ3) is 43.1. The van der Waals surface area contributed by atoms with Crippen LogP contribution in [0.25, 0.3) is 0 Å². The number of rotatable bonds is 55. The summed E-state index contributed by atoms with van der Waals surface area (Å²) in [6.45, 7) is 3.86. The van der Waals surface area contributed by atoms with Crippen molar-refractivity contribution in [2.45, 2.75) is 352 Å². The molecule has 6 N–H and O–H groups in total. The Labute approximate surface area is 451 Å². The third-order valence-corrected chi connectivity index (χ3v) is 15.2. The Morgan fingerprint density at radius 3 is 1.19 bits per heavy atom. The molecule has 0 aromatic heterocycles. The predicted molar refractivity (Wildman–Crippen MR) is 309 cm³/mol. The molecule has 0 bridgehead atoms. The number of carbonyl (C=O) groups excluding carboxylic acids is 1. The first-order chi connectivity index (χ1) is 35.8. The summed E-state index contributed by atoms with van der Waals surface area (Å²) < 4.78 is 11.3. The molecule has 430 valence electrons. The molecule has 73 heavy (non-hydrogen) atoms. The van der Waals surface area contributed by atoms with Gasteiger partial charge in [0.2, 0.25) is 5.91 Å². The van der Waals surface area contributed by atoms with Gasteiger partial charge in [0.1, 0.15) is 24.4 Å². The minimum absolute atomic E-state index is 0.142. The SMILES string of the molecule is CCCCCCC/C=C\C/C=C\C/C=C\CCCCCCCCC(=O)NC(COC1OC(CO)C(O)C(O)C1O)C(O)CCCCCCCCCCCCCCCCCCCCCCCCCCCCCCC. The molecular formula is C64H121NO8. The normalized spacial score (nSPS) is 19.2. The summed E-state index contributed by atoms with van der Waals surface area (Å²) in [5, 5.41) is 54.8. The Hall–Kier alpha value is -1.59. The van der Waals surface area contributed by atoms with Gasteiger partial charge in [0.25, 0.3) is 0 Å². The van der Waals surface area contributed by atoms with Gasteiger partial charge in [-0.3, -0.25) is 4.79 Å². The number of unbranched alkanes of at least 4 members (excludes halogenated alkanes) is 39. The lowest BCUT2D eigenvalue weighted by Crippen LogP contribution is -2.60. The van der Waals surface area contributed by atoms with Crippen molar-refractivity contribution in [3.05, 3.63) is 36.5 Å². The summed E-state index contributed by atoms with van der Waals surface area (Å²) in [7, 11) is 0. The summed E-state index contributed by atoms with van der Waals surface area (Å²) in [6.07, 6.45) is 63.3. The molecule has 7 atom stereocenters. The van der Waals surface area contributed by atoms with Crippen molar-refractivity contribution in [3.63, 3.8) is 0 Å². The average molecular weight is 1030 g/mol. The van der Waals surface area contributed by atoms with Crippen LogP contribution in [0.1, 0.15) is 309 Å². The highest BCUT2D eigenvalue weighted by Gasteiger charge is 2.44. The van der Waals surface area contributed by atoms with E-state index in [1.165, 1.54) is 218 Å². The number of ether oxygens (including phenoxy) is 2. The molecule has 0 radical (unpaired) electrons. The van der Waals surface area contributed by atoms with Crippen molar-refractivity contribution >= 4 is 5.91 Å². The number of hydrogen-bond donors (Lipinski definition) is 6. The van der Waals surface area contributed by atoms with Crippen molar-refractivity contribution < 1.29 is 39.8 Å². The number of aliphatic hydroxyl groups is 5. The first-order valence-corrected chi connectivity index (χ1v) is 31.7. The Bertz CT molecular complexity index is 1240. The van der Waals surface area contributed by atoms with E-state index in [1.54, 1.807) is 0 Å². The molecule has 1 saturated heterocycles. The van der Waals surface area contributed by atoms with Crippen LogP contribution < -0.4 is 5.32 Å². The maximum Gasteiger partial charge on any atom is 0.220 e. The van der Waals surface area contributed by atoms with E-state index in [-0.39, 0.29) is 12.5 Å². The van der Waals surface area contributed by atoms with E-state index >= 15 is 0 Å². The molecule has 0 aromatic carbocycles. The summed E-state index contributed by atoms with van der Waals surface area (Å²) >= 11 is 0. The van der Waals surface area contributed by atoms with Crippen molar-refractivity contribution in [2.75, 3.05) is 13.2 Å². The molecule has 0 aliphatic carbocycles. The number of aliphatic hydroxyl groups excluding tert-OH is 5. The van der Waals surface area contributed by atoms with Crippen LogP contribution >= 0.6 is 0 Å². The van der Waals surface area contributed by atoms with Gasteiger partial charge >= 0.3 is 0 Å². The third-order valence-electron chi connectivity index (χ3n) is 15.2. The maximum atomic E-state index is 13.1. The molecule has 0 aromatic rings. The quantitative estimate of drug-likeness (QED) is 0.0261. The average Bonchev–Trinajstić information content (AvgIpc) is 3.39. The van der Waals surface area contributed by atoms with Crippen LogP contribution in [0.3, 0.4) is 0 Å². The van der Waals surface area contributed by atoms with Gasteiger partial charge < -0.3 is 40.3 Å². The Kier molecular flexibility index (Phi) is 51.2. The zero-order valence-electron chi connectivity index (χ0n) is 47.9. The number of hydrogen-bond acceptors (Lipinski definition) is 8. The van der Waals surface area contributed by atoms with E-state index in [0.29, 0.717) is 12.8 Å². The molecule has 7 unspecified atom stereocenters. The topological polar surface area (TPSA) is 149 Å². The van der Waals surface area contributed by atoms with Gasteiger partial charge in [-0.15, -0.1) is 0 Å². The fourth-order valence-corrected chi connectivity index (χ4v) is 10.2. The van der Waals surface area contributed by atoms with Crippen LogP contribution in [0.15, 0.2) is 36.5 Å². The molecule has 9 nitrogen and oxygen atoms in total. The van der Waals surface area contributed by atoms with Gasteiger partial charge in [0.15, 0.2) is 6.29 Å². The fraction of sp³-hybridized carbons (Fsp3) is 0.891. The van der Waals surface area contributed by atoms with Gasteiger partial charge in [0, 0.05) is 6.42 Å². The van der Waals surface area contributed by atoms with E-state index in [9.17, 15) is 30.3 Å². The molecule has 1 fully saturated rings. The number of amides is 1. The number of carbonyl (C=O) groups is 1. The minimum Gasteiger partial charge on any atom is -0.394 e. The standard InChI is InChI=1S/C64H121NO8/c1-3-5-7-9-11-13-15-17-19-21-23-25-26-27-28-29-30-31-32-34-35-37-39-41-43-45-47-49-51-53-58(67)57(56-72-64-63(71)62(70)61(69)59(55-66)73-64)65-60(68)54-52-50-48-46-44-42-40-38-36-33-24-22-20-18-16-14-12-10-8-6-4-2/h16,18,22,24,36,38,57-59,61-64,66-67,69-71H,3-15,17,19-21,23,25-35,37,39-56H2,1-2H3,(H,65,68)/b18-16-,24-22-,38-36-. The lowest BCUT2D eigenvalue weighted by molar-refractivity contribution is -0.302. The van der Waals surface area contributed by atoms with Crippen molar-refractivity contribution in [3.8, 4) is 0 Å². The zero-order valence-corrected chi connectivity index (χ0v) is 47.9. The maximum absolute atomic E-state index is 13.1. The van der Waals surface area contributed by atoms with Crippen molar-refractivity contribution in [1.29, 1.82) is 0 Å². The molecule has 1 aliphatic rings. The molecule has 1 rings (SSSR count). The molecule has 9 heteroatoms. The molecule has 1 amide bonds. The highest BCUT2D eigenvalue weighted by Crippen LogP contribution is 2.23. The van der Waals surface area contributed by atoms with Gasteiger partial charge in [-0.1, -0.05) is 288 Å². The van der Waals surface area contributed by atoms with E-state index in [4.69, 9.17) is 9.47 Å². The first-order valence-electron chi connectivity index (χ1n) is 31.7. The Morgan fingerprint density at radius 1 is 0.466 bits per heavy atom. The molecule has 0 saturated carbocycles. The highest BCUT2D eigenvalue weighted by molar-refractivity contribution is 5.76. The van der Waals surface area contributed by atoms with Gasteiger partial charge in [0.05, 0.1) is 25.4 Å². The lowest BCUT2D eigenvalue weighted by Gasteiger charge is -2.40. The monoisotopic (exact) mass is 1030 g/mol. The second-order valence-electron chi connectivity index (χ2n) is 22.2. The number of nitrogens with one attached hydrogen (secondary N) is 1. The van der Waals surface area contributed by atoms with Crippen molar-refractivity contribution in [2.24, 2.45) is 0 Å². The van der Waals surface area contributed by atoms with Crippen LogP contribution in [0.2, 0.25) is 0 Å². The largest absolute Gasteiger partial charge is 0.394 e. The number of allylic oxidation sites excluding steroid dienone is 6. The highest BCUT2D eigenvalue weighted by atomic mass is 16.7. The van der Waals surface area contributed by atoms with Crippen molar-refractivity contribution in [1.82, 2.24) is 5.32 Å². The van der Waals surface area contributed by atoms with Crippen LogP contribution in [0, 0.1) is 0 Å². The van der Waals surface area contributed by atoms with Crippen LogP contribution in [0.5, 0.6) is 0 Å². The fourth-order valence-electron chi connectivity index (χ4n) is 10.2. The Balaban J connectivity index is 2.16. The van der Waals surface area contributed by atoms with E-state index in [0.717, 1.165) is 64.2 Å². The van der Waals surface area contributed by atoms with Gasteiger partial charge in [-0.2, -0.15) is 0 Å². The van der Waals surface area contributed by atoms with E-state index in [2.05, 4.69) is 55.6 Å². The smallest absolute Gasteiger partial charge is 0.220 e.